The van der Waals surface area contributed by atoms with E-state index in [9.17, 15) is 4.79 Å². The third-order valence-electron chi connectivity index (χ3n) is 4.39. The average Bonchev–Trinajstić information content (AvgIpc) is 3.43. The third-order valence-corrected chi connectivity index (χ3v) is 6.88. The van der Waals surface area contributed by atoms with E-state index in [2.05, 4.69) is 20.5 Å². The minimum absolute atomic E-state index is 0.219. The van der Waals surface area contributed by atoms with Gasteiger partial charge in [0.25, 0.3) is 5.91 Å². The molecule has 0 fully saturated rings. The van der Waals surface area contributed by atoms with Gasteiger partial charge in [0.15, 0.2) is 5.16 Å². The Morgan fingerprint density at radius 3 is 2.83 bits per heavy atom. The summed E-state index contributed by atoms with van der Waals surface area (Å²) in [6.07, 6.45) is 3.66. The van der Waals surface area contributed by atoms with Crippen molar-refractivity contribution in [3.8, 4) is 5.69 Å². The van der Waals surface area contributed by atoms with E-state index >= 15 is 0 Å². The van der Waals surface area contributed by atoms with Crippen LogP contribution < -0.4 is 5.32 Å². The highest BCUT2D eigenvalue weighted by atomic mass is 35.5. The fourth-order valence-corrected chi connectivity index (χ4v) is 4.70. The molecule has 0 unspecified atom stereocenters. The van der Waals surface area contributed by atoms with Gasteiger partial charge in [-0.15, -0.1) is 10.2 Å². The van der Waals surface area contributed by atoms with Gasteiger partial charge in [-0.05, 0) is 30.2 Å². The number of halogens is 1. The summed E-state index contributed by atoms with van der Waals surface area (Å²) in [5.41, 5.74) is 3.02. The molecule has 2 aromatic heterocycles. The largest absolute Gasteiger partial charge is 0.346 e. The molecule has 4 aromatic rings. The summed E-state index contributed by atoms with van der Waals surface area (Å²) in [6.45, 7) is 2.44. The molecule has 1 N–H and O–H groups in total. The predicted molar refractivity (Wildman–Crippen MR) is 120 cm³/mol. The number of hydrogen-bond acceptors (Lipinski definition) is 6. The number of thioether (sulfide) groups is 1. The van der Waals surface area contributed by atoms with Crippen molar-refractivity contribution in [2.45, 2.75) is 24.4 Å². The number of rotatable bonds is 7. The second-order valence-corrected chi connectivity index (χ2v) is 8.83. The molecule has 2 heterocycles. The number of carbonyl (C=O) groups excluding carboxylic acids is 1. The summed E-state index contributed by atoms with van der Waals surface area (Å²) in [4.78, 5) is 16.8. The number of imidazole rings is 1. The van der Waals surface area contributed by atoms with E-state index in [4.69, 9.17) is 11.6 Å². The molecule has 0 saturated carbocycles. The molecule has 0 aliphatic rings. The van der Waals surface area contributed by atoms with Crippen LogP contribution in [0.1, 0.15) is 25.9 Å². The van der Waals surface area contributed by atoms with Crippen molar-refractivity contribution in [2.24, 2.45) is 0 Å². The first kappa shape index (κ1) is 20.6. The fraction of sp³-hybridized carbons (Fsp3) is 0.143. The van der Waals surface area contributed by atoms with Crippen molar-refractivity contribution in [2.75, 3.05) is 0 Å². The number of carbonyl (C=O) groups is 1. The number of hydrogen-bond donors (Lipinski definition) is 1. The second kappa shape index (κ2) is 9.42. The summed E-state index contributed by atoms with van der Waals surface area (Å²) in [5.74, 6) is 0.351. The minimum atomic E-state index is -0.219. The van der Waals surface area contributed by atoms with E-state index in [1.807, 2.05) is 66.2 Å². The molecule has 152 valence electrons. The lowest BCUT2D eigenvalue weighted by Gasteiger charge is -2.11. The molecule has 0 spiro atoms. The van der Waals surface area contributed by atoms with Gasteiger partial charge in [0, 0.05) is 24.0 Å². The van der Waals surface area contributed by atoms with E-state index in [1.165, 1.54) is 23.1 Å². The maximum atomic E-state index is 12.3. The predicted octanol–water partition coefficient (Wildman–Crippen LogP) is 4.91. The van der Waals surface area contributed by atoms with Crippen LogP contribution in [0.2, 0.25) is 5.02 Å². The standard InChI is InChI=1S/C21H18ClN5OS2/c1-14-16(22)8-5-9-17(14)27-11-10-23-21(27)29-13-18-25-26-20(30-18)19(28)24-12-15-6-3-2-4-7-15/h2-11H,12-13H2,1H3,(H,24,28). The van der Waals surface area contributed by atoms with Gasteiger partial charge < -0.3 is 5.32 Å². The monoisotopic (exact) mass is 455 g/mol. The second-order valence-electron chi connectivity index (χ2n) is 6.42. The molecule has 30 heavy (non-hydrogen) atoms. The molecule has 0 aliphatic heterocycles. The van der Waals surface area contributed by atoms with E-state index in [0.717, 1.165) is 27.0 Å². The van der Waals surface area contributed by atoms with Crippen LogP contribution in [0.5, 0.6) is 0 Å². The Morgan fingerprint density at radius 2 is 2.00 bits per heavy atom. The first-order chi connectivity index (χ1) is 14.6. The minimum Gasteiger partial charge on any atom is -0.346 e. The molecule has 0 radical (unpaired) electrons. The Kier molecular flexibility index (Phi) is 6.47. The molecule has 9 heteroatoms. The van der Waals surface area contributed by atoms with Crippen molar-refractivity contribution in [1.29, 1.82) is 0 Å². The zero-order chi connectivity index (χ0) is 20.9. The maximum absolute atomic E-state index is 12.3. The first-order valence-corrected chi connectivity index (χ1v) is 11.4. The number of aromatic nitrogens is 4. The zero-order valence-electron chi connectivity index (χ0n) is 16.1. The van der Waals surface area contributed by atoms with Gasteiger partial charge >= 0.3 is 0 Å². The van der Waals surface area contributed by atoms with E-state index in [1.54, 1.807) is 6.20 Å². The molecule has 0 saturated heterocycles. The van der Waals surface area contributed by atoms with Crippen LogP contribution in [-0.4, -0.2) is 25.7 Å². The fourth-order valence-electron chi connectivity index (χ4n) is 2.82. The summed E-state index contributed by atoms with van der Waals surface area (Å²) in [7, 11) is 0. The quantitative estimate of drug-likeness (QED) is 0.401. The van der Waals surface area contributed by atoms with Crippen LogP contribution in [0.4, 0.5) is 0 Å². The Hall–Kier alpha value is -2.68. The van der Waals surface area contributed by atoms with E-state index < -0.39 is 0 Å². The van der Waals surface area contributed by atoms with Gasteiger partial charge in [0.05, 0.1) is 11.4 Å². The van der Waals surface area contributed by atoms with Crippen LogP contribution in [-0.2, 0) is 12.3 Å². The highest BCUT2D eigenvalue weighted by Crippen LogP contribution is 2.28. The Labute approximate surface area is 187 Å². The number of benzene rings is 2. The smallest absolute Gasteiger partial charge is 0.282 e. The number of nitrogens with zero attached hydrogens (tertiary/aromatic N) is 4. The average molecular weight is 456 g/mol. The van der Waals surface area contributed by atoms with Crippen LogP contribution in [0, 0.1) is 6.92 Å². The molecule has 6 nitrogen and oxygen atoms in total. The Bertz CT molecular complexity index is 1160. The normalized spacial score (nSPS) is 10.9. The SMILES string of the molecule is Cc1c(Cl)cccc1-n1ccnc1SCc1nnc(C(=O)NCc2ccccc2)s1. The van der Waals surface area contributed by atoms with Crippen LogP contribution >= 0.6 is 34.7 Å². The molecule has 1 amide bonds. The lowest BCUT2D eigenvalue weighted by Crippen LogP contribution is -2.22. The van der Waals surface area contributed by atoms with Crippen LogP contribution in [0.25, 0.3) is 5.69 Å². The third kappa shape index (κ3) is 4.72. The molecule has 0 atom stereocenters. The van der Waals surface area contributed by atoms with Crippen molar-refractivity contribution < 1.29 is 4.79 Å². The first-order valence-electron chi connectivity index (χ1n) is 9.18. The molecular weight excluding hydrogens is 438 g/mol. The molecule has 0 aliphatic carbocycles. The number of nitrogens with one attached hydrogen (secondary N) is 1. The van der Waals surface area contributed by atoms with Gasteiger partial charge in [-0.25, -0.2) is 4.98 Å². The van der Waals surface area contributed by atoms with E-state index in [-0.39, 0.29) is 5.91 Å². The van der Waals surface area contributed by atoms with Gasteiger partial charge in [-0.3, -0.25) is 9.36 Å². The highest BCUT2D eigenvalue weighted by molar-refractivity contribution is 7.98. The van der Waals surface area contributed by atoms with Gasteiger partial charge in [-0.1, -0.05) is 71.1 Å². The van der Waals surface area contributed by atoms with E-state index in [0.29, 0.717) is 22.3 Å². The summed E-state index contributed by atoms with van der Waals surface area (Å²) < 4.78 is 2.00. The topological polar surface area (TPSA) is 72.7 Å². The lowest BCUT2D eigenvalue weighted by molar-refractivity contribution is 0.0950. The molecular formula is C21H18ClN5OS2. The van der Waals surface area contributed by atoms with Crippen LogP contribution in [0.15, 0.2) is 66.1 Å². The van der Waals surface area contributed by atoms with Gasteiger partial charge in [-0.2, -0.15) is 0 Å². The summed E-state index contributed by atoms with van der Waals surface area (Å²) in [6, 6.07) is 15.6. The van der Waals surface area contributed by atoms with Crippen molar-refractivity contribution in [3.63, 3.8) is 0 Å². The molecule has 4 rings (SSSR count). The Morgan fingerprint density at radius 1 is 1.17 bits per heavy atom. The molecule has 0 bridgehead atoms. The van der Waals surface area contributed by atoms with Crippen molar-refractivity contribution in [3.05, 3.63) is 87.1 Å². The van der Waals surface area contributed by atoms with Gasteiger partial charge in [0.2, 0.25) is 5.01 Å². The summed E-state index contributed by atoms with van der Waals surface area (Å²) in [5, 5.41) is 13.7. The summed E-state index contributed by atoms with van der Waals surface area (Å²) >= 11 is 9.09. The van der Waals surface area contributed by atoms with Crippen molar-refractivity contribution >= 4 is 40.6 Å². The van der Waals surface area contributed by atoms with Crippen molar-refractivity contribution in [1.82, 2.24) is 25.1 Å². The maximum Gasteiger partial charge on any atom is 0.282 e. The molecule has 2 aromatic carbocycles. The van der Waals surface area contributed by atoms with Gasteiger partial charge in [0.1, 0.15) is 5.01 Å². The lowest BCUT2D eigenvalue weighted by atomic mass is 10.2. The van der Waals surface area contributed by atoms with Crippen LogP contribution in [0.3, 0.4) is 0 Å². The Balaban J connectivity index is 1.39. The highest BCUT2D eigenvalue weighted by Gasteiger charge is 2.15. The zero-order valence-corrected chi connectivity index (χ0v) is 18.5. The number of amides is 1.